The maximum atomic E-state index is 12.6. The molecular weight excluding hydrogens is 341 g/mol. The number of benzene rings is 1. The Hall–Kier alpha value is -1.37. The number of para-hydroxylation sites is 1. The first-order chi connectivity index (χ1) is 11.3. The minimum atomic E-state index is -4.78. The van der Waals surface area contributed by atoms with Crippen LogP contribution in [0.5, 0.6) is 5.75 Å². The highest BCUT2D eigenvalue weighted by Gasteiger charge is 2.40. The van der Waals surface area contributed by atoms with Crippen LogP contribution >= 0.6 is 0 Å². The van der Waals surface area contributed by atoms with Crippen molar-refractivity contribution in [3.63, 3.8) is 0 Å². The van der Waals surface area contributed by atoms with Gasteiger partial charge in [0.15, 0.2) is 0 Å². The molecule has 132 valence electrons. The van der Waals surface area contributed by atoms with Gasteiger partial charge in [0.1, 0.15) is 11.5 Å². The van der Waals surface area contributed by atoms with Crippen molar-refractivity contribution in [1.29, 1.82) is 0 Å². The first-order valence-electron chi connectivity index (χ1n) is 8.09. The standard InChI is InChI=1S/C17H19F3O3S/c18-17(19,20)23-16-7-2-1-4-11(16)10-15(21)12-8-13-5-3-6-14(9-12)24(13)22/h1-2,4,7,12-14H,3,5-6,8-10H2. The fourth-order valence-corrected chi connectivity index (χ4v) is 5.89. The minimum absolute atomic E-state index is 0.0631. The summed E-state index contributed by atoms with van der Waals surface area (Å²) in [4.78, 5) is 12.6. The van der Waals surface area contributed by atoms with Gasteiger partial charge in [-0.3, -0.25) is 9.00 Å². The molecule has 2 saturated heterocycles. The SMILES string of the molecule is O=C(Cc1ccccc1OC(F)(F)F)C1CC2CCCC(C1)S2=O. The summed E-state index contributed by atoms with van der Waals surface area (Å²) in [6, 6.07) is 5.75. The van der Waals surface area contributed by atoms with Gasteiger partial charge in [-0.05, 0) is 31.7 Å². The van der Waals surface area contributed by atoms with E-state index in [4.69, 9.17) is 0 Å². The number of ketones is 1. The second-order valence-corrected chi connectivity index (χ2v) is 8.46. The second kappa shape index (κ2) is 6.86. The summed E-state index contributed by atoms with van der Waals surface area (Å²) >= 11 is 0. The van der Waals surface area contributed by atoms with Crippen molar-refractivity contribution in [2.24, 2.45) is 5.92 Å². The molecule has 2 bridgehead atoms. The van der Waals surface area contributed by atoms with Crippen LogP contribution in [0.4, 0.5) is 13.2 Å². The molecular formula is C17H19F3O3S. The molecule has 2 atom stereocenters. The Kier molecular flexibility index (Phi) is 4.99. The number of fused-ring (bicyclic) bond motifs is 2. The molecule has 7 heteroatoms. The van der Waals surface area contributed by atoms with E-state index < -0.39 is 17.2 Å². The maximum Gasteiger partial charge on any atom is 0.573 e. The van der Waals surface area contributed by atoms with Gasteiger partial charge in [-0.2, -0.15) is 0 Å². The van der Waals surface area contributed by atoms with Crippen molar-refractivity contribution in [3.05, 3.63) is 29.8 Å². The summed E-state index contributed by atoms with van der Waals surface area (Å²) < 4.78 is 53.6. The smallest absolute Gasteiger partial charge is 0.405 e. The lowest BCUT2D eigenvalue weighted by Gasteiger charge is -2.37. The Morgan fingerprint density at radius 3 is 2.42 bits per heavy atom. The molecule has 1 aromatic rings. The molecule has 24 heavy (non-hydrogen) atoms. The lowest BCUT2D eigenvalue weighted by molar-refractivity contribution is -0.274. The van der Waals surface area contributed by atoms with Crippen LogP contribution < -0.4 is 4.74 Å². The Bertz CT molecular complexity index is 628. The first kappa shape index (κ1) is 17.5. The van der Waals surface area contributed by atoms with Crippen LogP contribution in [0.2, 0.25) is 0 Å². The number of hydrogen-bond acceptors (Lipinski definition) is 3. The van der Waals surface area contributed by atoms with E-state index in [9.17, 15) is 22.2 Å². The summed E-state index contributed by atoms with van der Waals surface area (Å²) in [5.41, 5.74) is 0.247. The number of hydrogen-bond donors (Lipinski definition) is 0. The van der Waals surface area contributed by atoms with Gasteiger partial charge < -0.3 is 4.74 Å². The molecule has 0 radical (unpaired) electrons. The third kappa shape index (κ3) is 3.99. The number of carbonyl (C=O) groups is 1. The Morgan fingerprint density at radius 2 is 1.79 bits per heavy atom. The van der Waals surface area contributed by atoms with Crippen molar-refractivity contribution in [2.75, 3.05) is 0 Å². The van der Waals surface area contributed by atoms with E-state index in [2.05, 4.69) is 4.74 Å². The van der Waals surface area contributed by atoms with E-state index >= 15 is 0 Å². The molecule has 3 rings (SSSR count). The van der Waals surface area contributed by atoms with E-state index in [1.165, 1.54) is 18.2 Å². The van der Waals surface area contributed by atoms with Crippen LogP contribution in [0.1, 0.15) is 37.7 Å². The third-order valence-electron chi connectivity index (χ3n) is 4.82. The predicted molar refractivity (Wildman–Crippen MR) is 84.1 cm³/mol. The third-order valence-corrected chi connectivity index (χ3v) is 6.99. The number of carbonyl (C=O) groups excluding carboxylic acids is 1. The van der Waals surface area contributed by atoms with Crippen molar-refractivity contribution in [3.8, 4) is 5.75 Å². The maximum absolute atomic E-state index is 12.6. The lowest BCUT2D eigenvalue weighted by Crippen LogP contribution is -2.41. The van der Waals surface area contributed by atoms with Gasteiger partial charge in [-0.1, -0.05) is 24.6 Å². The van der Waals surface area contributed by atoms with Crippen molar-refractivity contribution < 1.29 is 26.9 Å². The lowest BCUT2D eigenvalue weighted by atomic mass is 9.84. The van der Waals surface area contributed by atoms with Crippen molar-refractivity contribution >= 4 is 16.6 Å². The van der Waals surface area contributed by atoms with Crippen LogP contribution in [0.15, 0.2) is 24.3 Å². The average molecular weight is 360 g/mol. The van der Waals surface area contributed by atoms with Crippen molar-refractivity contribution in [1.82, 2.24) is 0 Å². The molecule has 3 nitrogen and oxygen atoms in total. The Morgan fingerprint density at radius 1 is 1.17 bits per heavy atom. The quantitative estimate of drug-likeness (QED) is 0.821. The number of Topliss-reactive ketones (excluding diaryl/α,β-unsaturated/α-hetero) is 1. The summed E-state index contributed by atoms with van der Waals surface area (Å²) in [5, 5.41) is 0.126. The fourth-order valence-electron chi connectivity index (χ4n) is 3.70. The first-order valence-corrected chi connectivity index (χ1v) is 9.37. The van der Waals surface area contributed by atoms with Crippen LogP contribution in [0.25, 0.3) is 0 Å². The van der Waals surface area contributed by atoms with Crippen LogP contribution in [-0.4, -0.2) is 26.9 Å². The normalized spacial score (nSPS) is 30.0. The molecule has 1 aromatic carbocycles. The number of ether oxygens (including phenoxy) is 1. The van der Waals surface area contributed by atoms with Gasteiger partial charge in [0.05, 0.1) is 0 Å². The zero-order chi connectivity index (χ0) is 17.3. The van der Waals surface area contributed by atoms with Crippen LogP contribution in [-0.2, 0) is 22.0 Å². The monoisotopic (exact) mass is 360 g/mol. The van der Waals surface area contributed by atoms with Gasteiger partial charge in [0.25, 0.3) is 0 Å². The summed E-state index contributed by atoms with van der Waals surface area (Å²) in [7, 11) is -0.863. The summed E-state index contributed by atoms with van der Waals surface area (Å²) in [6.07, 6.45) is -0.888. The molecule has 0 aromatic heterocycles. The van der Waals surface area contributed by atoms with E-state index in [1.807, 2.05) is 0 Å². The van der Waals surface area contributed by atoms with Gasteiger partial charge >= 0.3 is 6.36 Å². The van der Waals surface area contributed by atoms with Gasteiger partial charge in [0.2, 0.25) is 0 Å². The molecule has 0 aliphatic carbocycles. The fraction of sp³-hybridized carbons (Fsp3) is 0.588. The van der Waals surface area contributed by atoms with E-state index in [0.717, 1.165) is 19.3 Å². The Balaban J connectivity index is 1.70. The Labute approximate surface area is 141 Å². The average Bonchev–Trinajstić information content (AvgIpc) is 2.47. The highest BCUT2D eigenvalue weighted by atomic mass is 32.2. The molecule has 2 aliphatic rings. The van der Waals surface area contributed by atoms with Gasteiger partial charge in [-0.25, -0.2) is 0 Å². The molecule has 2 aliphatic heterocycles. The molecule has 2 heterocycles. The number of alkyl halides is 3. The van der Waals surface area contributed by atoms with E-state index in [1.54, 1.807) is 6.07 Å². The zero-order valence-electron chi connectivity index (χ0n) is 13.1. The predicted octanol–water partition coefficient (Wildman–Crippen LogP) is 3.78. The minimum Gasteiger partial charge on any atom is -0.405 e. The highest BCUT2D eigenvalue weighted by Crippen LogP contribution is 2.38. The zero-order valence-corrected chi connectivity index (χ0v) is 13.9. The second-order valence-electron chi connectivity index (χ2n) is 6.47. The number of rotatable bonds is 4. The van der Waals surface area contributed by atoms with Crippen LogP contribution in [0.3, 0.4) is 0 Å². The topological polar surface area (TPSA) is 43.4 Å². The highest BCUT2D eigenvalue weighted by molar-refractivity contribution is 7.86. The molecule has 2 fully saturated rings. The summed E-state index contributed by atoms with van der Waals surface area (Å²) in [6.45, 7) is 0. The molecule has 0 N–H and O–H groups in total. The molecule has 0 spiro atoms. The van der Waals surface area contributed by atoms with Crippen LogP contribution in [0, 0.1) is 5.92 Å². The molecule has 0 amide bonds. The number of halogens is 3. The van der Waals surface area contributed by atoms with Crippen molar-refractivity contribution in [2.45, 2.75) is 55.4 Å². The molecule has 2 unspecified atom stereocenters. The van der Waals surface area contributed by atoms with Gasteiger partial charge in [0, 0.05) is 39.2 Å². The molecule has 0 saturated carbocycles. The summed E-state index contributed by atoms with van der Waals surface area (Å²) in [5.74, 6) is -0.614. The largest absolute Gasteiger partial charge is 0.573 e. The van der Waals surface area contributed by atoms with E-state index in [-0.39, 0.29) is 39.9 Å². The van der Waals surface area contributed by atoms with Gasteiger partial charge in [-0.15, -0.1) is 13.2 Å². The van der Waals surface area contributed by atoms with E-state index in [0.29, 0.717) is 12.8 Å².